The van der Waals surface area contributed by atoms with Crippen LogP contribution in [0.3, 0.4) is 0 Å². The molecule has 0 aliphatic carbocycles. The molecule has 0 bridgehead atoms. The number of benzene rings is 1. The molecule has 1 fully saturated rings. The second-order valence-corrected chi connectivity index (χ2v) is 6.61. The fraction of sp³-hybridized carbons (Fsp3) is 0.556. The van der Waals surface area contributed by atoms with Gasteiger partial charge in [-0.1, -0.05) is 31.5 Å². The van der Waals surface area contributed by atoms with Gasteiger partial charge in [0.2, 0.25) is 0 Å². The molecule has 1 aliphatic rings. The number of hydrogen-bond donors (Lipinski definition) is 1. The zero-order valence-electron chi connectivity index (χ0n) is 14.0. The lowest BCUT2D eigenvalue weighted by Crippen LogP contribution is -2.46. The maximum Gasteiger partial charge on any atom is 0.318 e. The Morgan fingerprint density at radius 1 is 1.32 bits per heavy atom. The van der Waals surface area contributed by atoms with Crippen molar-refractivity contribution in [3.05, 3.63) is 34.9 Å². The fourth-order valence-corrected chi connectivity index (χ4v) is 2.86. The fourth-order valence-electron chi connectivity index (χ4n) is 2.86. The van der Waals surface area contributed by atoms with Crippen molar-refractivity contribution in [3.8, 4) is 0 Å². The van der Waals surface area contributed by atoms with E-state index in [1.165, 1.54) is 0 Å². The number of carbonyl (C=O) groups is 2. The first kappa shape index (κ1) is 16.5. The van der Waals surface area contributed by atoms with Gasteiger partial charge in [0.05, 0.1) is 6.04 Å². The number of nitrogens with zero attached hydrogens (tertiary/aromatic N) is 1. The van der Waals surface area contributed by atoms with Crippen LogP contribution in [-0.4, -0.2) is 35.8 Å². The van der Waals surface area contributed by atoms with E-state index in [1.807, 2.05) is 32.0 Å². The van der Waals surface area contributed by atoms with Crippen molar-refractivity contribution in [2.24, 2.45) is 5.92 Å². The van der Waals surface area contributed by atoms with Gasteiger partial charge in [-0.25, -0.2) is 4.79 Å². The molecule has 1 heterocycles. The van der Waals surface area contributed by atoms with Crippen LogP contribution in [0.2, 0.25) is 0 Å². The molecule has 1 saturated heterocycles. The predicted octanol–water partition coefficient (Wildman–Crippen LogP) is 3.32. The Balaban J connectivity index is 2.14. The summed E-state index contributed by atoms with van der Waals surface area (Å²) >= 11 is 0. The van der Waals surface area contributed by atoms with Crippen molar-refractivity contribution in [1.82, 2.24) is 10.2 Å². The molecule has 1 aromatic carbocycles. The normalized spacial score (nSPS) is 17.9. The smallest absolute Gasteiger partial charge is 0.318 e. The summed E-state index contributed by atoms with van der Waals surface area (Å²) in [7, 11) is 0. The van der Waals surface area contributed by atoms with Gasteiger partial charge in [0.15, 0.2) is 5.78 Å². The van der Waals surface area contributed by atoms with Gasteiger partial charge < -0.3 is 10.2 Å². The Hall–Kier alpha value is -1.84. The molecule has 0 spiro atoms. The highest BCUT2D eigenvalue weighted by atomic mass is 16.2. The van der Waals surface area contributed by atoms with Crippen molar-refractivity contribution in [2.45, 2.75) is 46.6 Å². The van der Waals surface area contributed by atoms with Crippen molar-refractivity contribution >= 4 is 11.8 Å². The summed E-state index contributed by atoms with van der Waals surface area (Å²) in [5, 5.41) is 2.92. The van der Waals surface area contributed by atoms with Crippen LogP contribution in [0.5, 0.6) is 0 Å². The number of likely N-dealkylation sites (tertiary alicyclic amines) is 1. The van der Waals surface area contributed by atoms with E-state index in [-0.39, 0.29) is 17.9 Å². The van der Waals surface area contributed by atoms with Gasteiger partial charge >= 0.3 is 6.03 Å². The second kappa shape index (κ2) is 6.95. The van der Waals surface area contributed by atoms with E-state index in [1.54, 1.807) is 4.90 Å². The molecule has 0 saturated carbocycles. The van der Waals surface area contributed by atoms with E-state index < -0.39 is 0 Å². The molecule has 1 aromatic rings. The summed E-state index contributed by atoms with van der Waals surface area (Å²) in [5.74, 6) is 0.470. The largest absolute Gasteiger partial charge is 0.338 e. The van der Waals surface area contributed by atoms with Crippen LogP contribution in [-0.2, 0) is 0 Å². The lowest BCUT2D eigenvalue weighted by Gasteiger charge is -2.25. The van der Waals surface area contributed by atoms with Crippen molar-refractivity contribution in [3.63, 3.8) is 0 Å². The first-order valence-corrected chi connectivity index (χ1v) is 8.06. The molecular formula is C18H26N2O2. The third kappa shape index (κ3) is 3.67. The Morgan fingerprint density at radius 2 is 2.05 bits per heavy atom. The second-order valence-electron chi connectivity index (χ2n) is 6.61. The number of carbonyl (C=O) groups excluding carboxylic acids is 2. The molecule has 0 aromatic heterocycles. The van der Waals surface area contributed by atoms with E-state index in [0.29, 0.717) is 19.0 Å². The zero-order valence-corrected chi connectivity index (χ0v) is 14.0. The summed E-state index contributed by atoms with van der Waals surface area (Å²) in [6, 6.07) is 5.47. The Morgan fingerprint density at radius 3 is 2.73 bits per heavy atom. The van der Waals surface area contributed by atoms with Crippen LogP contribution in [0.15, 0.2) is 18.2 Å². The van der Waals surface area contributed by atoms with Gasteiger partial charge in [-0.05, 0) is 44.2 Å². The first-order chi connectivity index (χ1) is 10.4. The molecule has 4 heteroatoms. The summed E-state index contributed by atoms with van der Waals surface area (Å²) in [4.78, 5) is 26.9. The maximum absolute atomic E-state index is 12.9. The number of urea groups is 1. The molecule has 1 aliphatic heterocycles. The summed E-state index contributed by atoms with van der Waals surface area (Å²) in [6.45, 7) is 9.35. The minimum atomic E-state index is -0.326. The van der Waals surface area contributed by atoms with Crippen molar-refractivity contribution < 1.29 is 9.59 Å². The van der Waals surface area contributed by atoms with Crippen molar-refractivity contribution in [2.75, 3.05) is 13.1 Å². The number of Topliss-reactive ketones (excluding diaryl/α,β-unsaturated/α-hetero) is 1. The molecule has 2 amide bonds. The highest BCUT2D eigenvalue weighted by molar-refractivity contribution is 6.03. The monoisotopic (exact) mass is 302 g/mol. The number of aryl methyl sites for hydroxylation is 2. The third-order valence-corrected chi connectivity index (χ3v) is 4.14. The third-order valence-electron chi connectivity index (χ3n) is 4.14. The molecule has 1 N–H and O–H groups in total. The SMILES string of the molecule is Cc1ccc(C)c(C(=O)C2CCCN2C(=O)NCC(C)C)c1. The number of amides is 2. The molecule has 1 unspecified atom stereocenters. The highest BCUT2D eigenvalue weighted by Gasteiger charge is 2.34. The van der Waals surface area contributed by atoms with Gasteiger partial charge in [-0.3, -0.25) is 4.79 Å². The number of rotatable bonds is 4. The average Bonchev–Trinajstić information content (AvgIpc) is 2.96. The highest BCUT2D eigenvalue weighted by Crippen LogP contribution is 2.23. The molecule has 0 radical (unpaired) electrons. The standard InChI is InChI=1S/C18H26N2O2/c1-12(2)11-19-18(22)20-9-5-6-16(20)17(21)15-10-13(3)7-8-14(15)4/h7-8,10,12,16H,5-6,9,11H2,1-4H3,(H,19,22). The van der Waals surface area contributed by atoms with Crippen LogP contribution >= 0.6 is 0 Å². The molecule has 4 nitrogen and oxygen atoms in total. The zero-order chi connectivity index (χ0) is 16.3. The minimum Gasteiger partial charge on any atom is -0.338 e. The number of nitrogens with one attached hydrogen (secondary N) is 1. The summed E-state index contributed by atoms with van der Waals surface area (Å²) < 4.78 is 0. The van der Waals surface area contributed by atoms with Crippen LogP contribution in [0.25, 0.3) is 0 Å². The molecule has 2 rings (SSSR count). The summed E-state index contributed by atoms with van der Waals surface area (Å²) in [6.07, 6.45) is 1.64. The van der Waals surface area contributed by atoms with Gasteiger partial charge in [0.1, 0.15) is 0 Å². The van der Waals surface area contributed by atoms with Gasteiger partial charge in [0, 0.05) is 18.7 Å². The van der Waals surface area contributed by atoms with E-state index in [2.05, 4.69) is 19.2 Å². The van der Waals surface area contributed by atoms with Crippen LogP contribution in [0.4, 0.5) is 4.79 Å². The molecule has 120 valence electrons. The van der Waals surface area contributed by atoms with Gasteiger partial charge in [0.25, 0.3) is 0 Å². The Labute approximate surface area is 132 Å². The Kier molecular flexibility index (Phi) is 5.22. The van der Waals surface area contributed by atoms with E-state index in [0.717, 1.165) is 29.5 Å². The molecule has 1 atom stereocenters. The lowest BCUT2D eigenvalue weighted by atomic mass is 9.96. The van der Waals surface area contributed by atoms with E-state index >= 15 is 0 Å². The quantitative estimate of drug-likeness (QED) is 0.867. The topological polar surface area (TPSA) is 49.4 Å². The number of hydrogen-bond acceptors (Lipinski definition) is 2. The Bertz CT molecular complexity index is 566. The number of ketones is 1. The van der Waals surface area contributed by atoms with E-state index in [9.17, 15) is 9.59 Å². The maximum atomic E-state index is 12.9. The predicted molar refractivity (Wildman–Crippen MR) is 88.2 cm³/mol. The molecule has 22 heavy (non-hydrogen) atoms. The lowest BCUT2D eigenvalue weighted by molar-refractivity contribution is 0.0886. The summed E-state index contributed by atoms with van der Waals surface area (Å²) in [5.41, 5.74) is 2.79. The van der Waals surface area contributed by atoms with Crippen LogP contribution in [0, 0.1) is 19.8 Å². The molecular weight excluding hydrogens is 276 g/mol. The van der Waals surface area contributed by atoms with Gasteiger partial charge in [-0.15, -0.1) is 0 Å². The van der Waals surface area contributed by atoms with Gasteiger partial charge in [-0.2, -0.15) is 0 Å². The van der Waals surface area contributed by atoms with E-state index in [4.69, 9.17) is 0 Å². The van der Waals surface area contributed by atoms with Crippen molar-refractivity contribution in [1.29, 1.82) is 0 Å². The van der Waals surface area contributed by atoms with Crippen LogP contribution < -0.4 is 5.32 Å². The first-order valence-electron chi connectivity index (χ1n) is 8.06. The average molecular weight is 302 g/mol. The minimum absolute atomic E-state index is 0.0680. The van der Waals surface area contributed by atoms with Crippen LogP contribution in [0.1, 0.15) is 48.2 Å².